The molecule has 1 fully saturated rings. The third-order valence-electron chi connectivity index (χ3n) is 3.32. The summed E-state index contributed by atoms with van der Waals surface area (Å²) in [5.41, 5.74) is -0.0295. The van der Waals surface area contributed by atoms with Crippen molar-refractivity contribution in [1.29, 1.82) is 0 Å². The number of nitrogens with one attached hydrogen (secondary N) is 1. The van der Waals surface area contributed by atoms with E-state index in [4.69, 9.17) is 0 Å². The number of rotatable bonds is 6. The fourth-order valence-corrected chi connectivity index (χ4v) is 5.13. The van der Waals surface area contributed by atoms with Crippen molar-refractivity contribution >= 4 is 45.0 Å². The first-order valence-electron chi connectivity index (χ1n) is 6.76. The zero-order chi connectivity index (χ0) is 17.0. The Hall–Kier alpha value is -1.26. The van der Waals surface area contributed by atoms with Gasteiger partial charge in [0.1, 0.15) is 0 Å². The number of carbonyl (C=O) groups is 1. The minimum Gasteiger partial charge on any atom is -0.352 e. The van der Waals surface area contributed by atoms with Crippen LogP contribution in [-0.2, 0) is 14.6 Å². The average molecular weight is 376 g/mol. The Balaban J connectivity index is 1.95. The van der Waals surface area contributed by atoms with Crippen LogP contribution >= 0.6 is 23.5 Å². The van der Waals surface area contributed by atoms with Crippen LogP contribution < -0.4 is 5.32 Å². The van der Waals surface area contributed by atoms with Gasteiger partial charge in [0.05, 0.1) is 27.1 Å². The summed E-state index contributed by atoms with van der Waals surface area (Å²) < 4.78 is 22.7. The lowest BCUT2D eigenvalue weighted by atomic mass is 10.3. The highest BCUT2D eigenvalue weighted by Crippen LogP contribution is 2.32. The van der Waals surface area contributed by atoms with E-state index < -0.39 is 14.8 Å². The van der Waals surface area contributed by atoms with Crippen LogP contribution in [0, 0.1) is 10.1 Å². The van der Waals surface area contributed by atoms with Crippen molar-refractivity contribution in [3.8, 4) is 0 Å². The van der Waals surface area contributed by atoms with Crippen molar-refractivity contribution in [2.24, 2.45) is 0 Å². The van der Waals surface area contributed by atoms with E-state index in [0.29, 0.717) is 11.3 Å². The molecule has 126 valence electrons. The molecule has 1 atom stereocenters. The third-order valence-corrected chi connectivity index (χ3v) is 6.88. The molecule has 7 nitrogen and oxygen atoms in total. The summed E-state index contributed by atoms with van der Waals surface area (Å²) in [6.45, 7) is 0. The monoisotopic (exact) mass is 376 g/mol. The van der Waals surface area contributed by atoms with Gasteiger partial charge in [0.2, 0.25) is 5.91 Å². The lowest BCUT2D eigenvalue weighted by Gasteiger charge is -2.10. The number of nitro benzene ring substituents is 1. The molecule has 1 amide bonds. The molecule has 0 bridgehead atoms. The lowest BCUT2D eigenvalue weighted by molar-refractivity contribution is -0.387. The van der Waals surface area contributed by atoms with Gasteiger partial charge in [-0.25, -0.2) is 8.42 Å². The fourth-order valence-electron chi connectivity index (χ4n) is 2.21. The molecular formula is C13H16N2O5S3. The van der Waals surface area contributed by atoms with Crippen molar-refractivity contribution in [3.05, 3.63) is 28.3 Å². The Morgan fingerprint density at radius 1 is 1.48 bits per heavy atom. The second-order valence-electron chi connectivity index (χ2n) is 5.05. The van der Waals surface area contributed by atoms with Gasteiger partial charge in [-0.3, -0.25) is 14.9 Å². The van der Waals surface area contributed by atoms with E-state index in [1.54, 1.807) is 12.1 Å². The summed E-state index contributed by atoms with van der Waals surface area (Å²) in [7, 11) is -3.05. The minimum atomic E-state index is -3.05. The van der Waals surface area contributed by atoms with Gasteiger partial charge in [0.25, 0.3) is 5.69 Å². The first-order chi connectivity index (χ1) is 10.8. The smallest absolute Gasteiger partial charge is 0.284 e. The van der Waals surface area contributed by atoms with E-state index in [-0.39, 0.29) is 34.9 Å². The Morgan fingerprint density at radius 2 is 2.22 bits per heavy atom. The number of hydrogen-bond donors (Lipinski definition) is 1. The highest BCUT2D eigenvalue weighted by molar-refractivity contribution is 8.00. The van der Waals surface area contributed by atoms with Crippen LogP contribution in [-0.4, -0.2) is 48.8 Å². The molecule has 1 N–H and O–H groups in total. The van der Waals surface area contributed by atoms with Crippen LogP contribution in [0.1, 0.15) is 6.42 Å². The zero-order valence-corrected chi connectivity index (χ0v) is 14.8. The second-order valence-corrected chi connectivity index (χ2v) is 9.17. The molecular weight excluding hydrogens is 360 g/mol. The predicted molar refractivity (Wildman–Crippen MR) is 90.8 cm³/mol. The molecule has 23 heavy (non-hydrogen) atoms. The van der Waals surface area contributed by atoms with E-state index in [9.17, 15) is 23.3 Å². The minimum absolute atomic E-state index is 0.00992. The molecule has 1 heterocycles. The SMILES string of the molecule is CSc1ccc(SCC(=O)N[C@@H]2CCS(=O)(=O)C2)c([N+](=O)[O-])c1. The Labute approximate surface area is 142 Å². The number of nitro groups is 1. The van der Waals surface area contributed by atoms with Crippen molar-refractivity contribution in [3.63, 3.8) is 0 Å². The van der Waals surface area contributed by atoms with Gasteiger partial charge in [-0.15, -0.1) is 23.5 Å². The molecule has 2 rings (SSSR count). The largest absolute Gasteiger partial charge is 0.352 e. The normalized spacial score (nSPS) is 19.4. The molecule has 1 aromatic rings. The molecule has 0 radical (unpaired) electrons. The van der Waals surface area contributed by atoms with Crippen LogP contribution in [0.15, 0.2) is 28.0 Å². The number of thioether (sulfide) groups is 2. The van der Waals surface area contributed by atoms with E-state index in [2.05, 4.69) is 5.32 Å². The fraction of sp³-hybridized carbons (Fsp3) is 0.462. The summed E-state index contributed by atoms with van der Waals surface area (Å²) in [4.78, 5) is 23.7. The maximum absolute atomic E-state index is 11.9. The number of hydrogen-bond acceptors (Lipinski definition) is 7. The average Bonchev–Trinajstić information content (AvgIpc) is 2.83. The first-order valence-corrected chi connectivity index (χ1v) is 10.8. The van der Waals surface area contributed by atoms with Gasteiger partial charge in [-0.1, -0.05) is 0 Å². The highest BCUT2D eigenvalue weighted by Gasteiger charge is 2.29. The van der Waals surface area contributed by atoms with E-state index in [0.717, 1.165) is 16.7 Å². The lowest BCUT2D eigenvalue weighted by Crippen LogP contribution is -2.36. The number of sulfone groups is 1. The Morgan fingerprint density at radius 3 is 2.78 bits per heavy atom. The van der Waals surface area contributed by atoms with Crippen LogP contribution in [0.4, 0.5) is 5.69 Å². The van der Waals surface area contributed by atoms with Crippen LogP contribution in [0.25, 0.3) is 0 Å². The van der Waals surface area contributed by atoms with Crippen molar-refractivity contribution in [2.45, 2.75) is 22.3 Å². The summed E-state index contributed by atoms with van der Waals surface area (Å²) in [6.07, 6.45) is 2.25. The summed E-state index contributed by atoms with van der Waals surface area (Å²) in [5.74, 6) is -0.255. The second kappa shape index (κ2) is 7.54. The van der Waals surface area contributed by atoms with Crippen LogP contribution in [0.5, 0.6) is 0 Å². The number of carbonyl (C=O) groups excluding carboxylic acids is 1. The maximum atomic E-state index is 11.9. The third kappa shape index (κ3) is 5.11. The molecule has 0 spiro atoms. The summed E-state index contributed by atoms with van der Waals surface area (Å²) in [6, 6.07) is 4.51. The van der Waals surface area contributed by atoms with E-state index >= 15 is 0 Å². The molecule has 0 aromatic heterocycles. The van der Waals surface area contributed by atoms with E-state index in [1.807, 2.05) is 6.26 Å². The number of nitrogens with zero attached hydrogens (tertiary/aromatic N) is 1. The Bertz CT molecular complexity index is 720. The van der Waals surface area contributed by atoms with Crippen molar-refractivity contribution in [2.75, 3.05) is 23.5 Å². The molecule has 1 aliphatic heterocycles. The maximum Gasteiger partial charge on any atom is 0.284 e. The van der Waals surface area contributed by atoms with Gasteiger partial charge in [0, 0.05) is 17.0 Å². The standard InChI is InChI=1S/C13H16N2O5S3/c1-21-10-2-3-12(11(6-10)15(17)18)22-7-13(16)14-9-4-5-23(19,20)8-9/h2-3,6,9H,4-5,7-8H2,1H3,(H,14,16)/t9-/m1/s1. The summed E-state index contributed by atoms with van der Waals surface area (Å²) >= 11 is 2.48. The Kier molecular flexibility index (Phi) is 5.93. The van der Waals surface area contributed by atoms with Gasteiger partial charge in [0.15, 0.2) is 9.84 Å². The van der Waals surface area contributed by atoms with Gasteiger partial charge >= 0.3 is 0 Å². The van der Waals surface area contributed by atoms with Gasteiger partial charge in [-0.05, 0) is 24.8 Å². The molecule has 10 heteroatoms. The number of benzene rings is 1. The van der Waals surface area contributed by atoms with E-state index in [1.165, 1.54) is 17.8 Å². The number of amides is 1. The van der Waals surface area contributed by atoms with Crippen molar-refractivity contribution in [1.82, 2.24) is 5.32 Å². The molecule has 0 unspecified atom stereocenters. The molecule has 0 saturated carbocycles. The molecule has 0 aliphatic carbocycles. The van der Waals surface area contributed by atoms with Crippen LogP contribution in [0.2, 0.25) is 0 Å². The molecule has 1 aliphatic rings. The zero-order valence-electron chi connectivity index (χ0n) is 12.4. The quantitative estimate of drug-likeness (QED) is 0.457. The van der Waals surface area contributed by atoms with Gasteiger partial charge < -0.3 is 5.32 Å². The topological polar surface area (TPSA) is 106 Å². The molecule has 1 aromatic carbocycles. The highest BCUT2D eigenvalue weighted by atomic mass is 32.2. The van der Waals surface area contributed by atoms with Gasteiger partial charge in [-0.2, -0.15) is 0 Å². The predicted octanol–water partition coefficient (Wildman–Crippen LogP) is 1.71. The molecule has 1 saturated heterocycles. The summed E-state index contributed by atoms with van der Waals surface area (Å²) in [5, 5.41) is 13.8. The first kappa shape index (κ1) is 18.1. The van der Waals surface area contributed by atoms with Crippen LogP contribution in [0.3, 0.4) is 0 Å². The van der Waals surface area contributed by atoms with Crippen molar-refractivity contribution < 1.29 is 18.1 Å².